The number of hydrogen-bond donors (Lipinski definition) is 0. The van der Waals surface area contributed by atoms with E-state index < -0.39 is 47.6 Å². The van der Waals surface area contributed by atoms with Gasteiger partial charge in [-0.05, 0) is 40.7 Å². The highest BCUT2D eigenvalue weighted by atomic mass is 16.6. The standard InChI is InChI=1S/C23H28O7/c1-7-11(3)21(26)30-23(6)19-15(28-16(25)8-2)10-13(5)17-14(24)9-12(4)18(17)20(19)29-22(23)27/h7,9,15,18-20H,8,10H2,1-6H3. The molecule has 1 aliphatic heterocycles. The predicted molar refractivity (Wildman–Crippen MR) is 107 cm³/mol. The molecule has 5 atom stereocenters. The van der Waals surface area contributed by atoms with Gasteiger partial charge in [-0.1, -0.05) is 24.1 Å². The Morgan fingerprint density at radius 1 is 1.30 bits per heavy atom. The van der Waals surface area contributed by atoms with E-state index in [1.807, 2.05) is 13.8 Å². The van der Waals surface area contributed by atoms with Crippen molar-refractivity contribution in [3.8, 4) is 0 Å². The molecule has 1 heterocycles. The molecular weight excluding hydrogens is 388 g/mol. The molecule has 162 valence electrons. The second-order valence-corrected chi connectivity index (χ2v) is 8.37. The van der Waals surface area contributed by atoms with Crippen molar-refractivity contribution < 1.29 is 33.4 Å². The van der Waals surface area contributed by atoms with E-state index in [9.17, 15) is 19.2 Å². The third-order valence-corrected chi connectivity index (χ3v) is 6.39. The first kappa shape index (κ1) is 22.0. The molecule has 0 radical (unpaired) electrons. The summed E-state index contributed by atoms with van der Waals surface area (Å²) in [6, 6.07) is 0. The lowest BCUT2D eigenvalue weighted by molar-refractivity contribution is -0.176. The fraction of sp³-hybridized carbons (Fsp3) is 0.565. The number of carbonyl (C=O) groups is 4. The van der Waals surface area contributed by atoms with Crippen molar-refractivity contribution in [2.45, 2.75) is 72.2 Å². The number of fused-ring (bicyclic) bond motifs is 3. The molecule has 0 amide bonds. The summed E-state index contributed by atoms with van der Waals surface area (Å²) < 4.78 is 17.1. The van der Waals surface area contributed by atoms with Crippen LogP contribution in [0.5, 0.6) is 0 Å². The van der Waals surface area contributed by atoms with E-state index in [1.165, 1.54) is 6.92 Å². The molecule has 1 fully saturated rings. The number of hydrogen-bond acceptors (Lipinski definition) is 7. The third kappa shape index (κ3) is 3.40. The van der Waals surface area contributed by atoms with Crippen LogP contribution in [0.1, 0.15) is 54.4 Å². The van der Waals surface area contributed by atoms with Crippen LogP contribution in [0.15, 0.2) is 34.4 Å². The monoisotopic (exact) mass is 416 g/mol. The molecule has 0 aromatic carbocycles. The van der Waals surface area contributed by atoms with Crippen LogP contribution in [-0.2, 0) is 33.4 Å². The van der Waals surface area contributed by atoms with Gasteiger partial charge in [-0.2, -0.15) is 0 Å². The summed E-state index contributed by atoms with van der Waals surface area (Å²) in [5.41, 5.74) is 0.846. The first-order chi connectivity index (χ1) is 14.0. The topological polar surface area (TPSA) is 96.0 Å². The van der Waals surface area contributed by atoms with Crippen LogP contribution < -0.4 is 0 Å². The Labute approximate surface area is 176 Å². The molecule has 0 N–H and O–H groups in total. The minimum absolute atomic E-state index is 0.123. The highest BCUT2D eigenvalue weighted by molar-refractivity contribution is 6.09. The summed E-state index contributed by atoms with van der Waals surface area (Å²) in [5.74, 6) is -3.08. The Morgan fingerprint density at radius 2 is 1.97 bits per heavy atom. The Morgan fingerprint density at radius 3 is 2.57 bits per heavy atom. The summed E-state index contributed by atoms with van der Waals surface area (Å²) in [7, 11) is 0. The summed E-state index contributed by atoms with van der Waals surface area (Å²) >= 11 is 0. The highest BCUT2D eigenvalue weighted by Gasteiger charge is 2.65. The van der Waals surface area contributed by atoms with Gasteiger partial charge in [-0.25, -0.2) is 9.59 Å². The average molecular weight is 416 g/mol. The molecule has 0 aromatic rings. The SMILES string of the molecule is CC=C(C)C(=O)OC1(C)C(=O)OC2C3C(C)=CC(=O)C3=C(C)CC(OC(=O)CC)C21. The first-order valence-electron chi connectivity index (χ1n) is 10.2. The van der Waals surface area contributed by atoms with Crippen molar-refractivity contribution in [1.29, 1.82) is 0 Å². The van der Waals surface area contributed by atoms with Crippen LogP contribution in [0.3, 0.4) is 0 Å². The van der Waals surface area contributed by atoms with E-state index in [4.69, 9.17) is 14.2 Å². The molecule has 30 heavy (non-hydrogen) atoms. The second kappa shape index (κ2) is 7.85. The normalized spacial score (nSPS) is 33.4. The molecule has 0 saturated carbocycles. The van der Waals surface area contributed by atoms with Crippen molar-refractivity contribution in [3.05, 3.63) is 34.4 Å². The van der Waals surface area contributed by atoms with Crippen LogP contribution in [0.4, 0.5) is 0 Å². The van der Waals surface area contributed by atoms with Crippen LogP contribution >= 0.6 is 0 Å². The van der Waals surface area contributed by atoms with Gasteiger partial charge < -0.3 is 14.2 Å². The minimum Gasteiger partial charge on any atom is -0.461 e. The zero-order valence-electron chi connectivity index (χ0n) is 18.2. The molecule has 0 spiro atoms. The van der Waals surface area contributed by atoms with E-state index in [0.29, 0.717) is 11.1 Å². The van der Waals surface area contributed by atoms with Crippen LogP contribution in [0.25, 0.3) is 0 Å². The zero-order valence-corrected chi connectivity index (χ0v) is 18.2. The van der Waals surface area contributed by atoms with Gasteiger partial charge in [-0.3, -0.25) is 9.59 Å². The lowest BCUT2D eigenvalue weighted by Gasteiger charge is -2.34. The van der Waals surface area contributed by atoms with Gasteiger partial charge in [0.05, 0.1) is 5.92 Å². The third-order valence-electron chi connectivity index (χ3n) is 6.39. The number of allylic oxidation sites excluding steroid dienone is 2. The van der Waals surface area contributed by atoms with Gasteiger partial charge in [0.15, 0.2) is 5.78 Å². The molecule has 5 unspecified atom stereocenters. The second-order valence-electron chi connectivity index (χ2n) is 8.37. The van der Waals surface area contributed by atoms with E-state index >= 15 is 0 Å². The molecule has 1 saturated heterocycles. The minimum atomic E-state index is -1.65. The summed E-state index contributed by atoms with van der Waals surface area (Å²) in [6.07, 6.45) is 2.03. The molecule has 0 bridgehead atoms. The van der Waals surface area contributed by atoms with Crippen LogP contribution in [0, 0.1) is 11.8 Å². The van der Waals surface area contributed by atoms with Gasteiger partial charge in [0.2, 0.25) is 5.60 Å². The molecule has 3 rings (SSSR count). The van der Waals surface area contributed by atoms with Gasteiger partial charge in [0, 0.05) is 29.9 Å². The summed E-state index contributed by atoms with van der Waals surface area (Å²) in [4.78, 5) is 50.4. The largest absolute Gasteiger partial charge is 0.461 e. The van der Waals surface area contributed by atoms with Crippen molar-refractivity contribution in [2.24, 2.45) is 11.8 Å². The van der Waals surface area contributed by atoms with Gasteiger partial charge in [0.1, 0.15) is 12.2 Å². The molecule has 7 nitrogen and oxygen atoms in total. The smallest absolute Gasteiger partial charge is 0.351 e. The van der Waals surface area contributed by atoms with E-state index in [0.717, 1.165) is 11.1 Å². The van der Waals surface area contributed by atoms with Crippen LogP contribution in [-0.4, -0.2) is 41.5 Å². The summed E-state index contributed by atoms with van der Waals surface area (Å²) in [5, 5.41) is 0. The van der Waals surface area contributed by atoms with Gasteiger partial charge in [0.25, 0.3) is 0 Å². The van der Waals surface area contributed by atoms with Crippen molar-refractivity contribution >= 4 is 23.7 Å². The first-order valence-corrected chi connectivity index (χ1v) is 10.2. The van der Waals surface area contributed by atoms with E-state index in [2.05, 4.69) is 0 Å². The maximum atomic E-state index is 13.0. The Bertz CT molecular complexity index is 907. The van der Waals surface area contributed by atoms with Crippen molar-refractivity contribution in [3.63, 3.8) is 0 Å². The predicted octanol–water partition coefficient (Wildman–Crippen LogP) is 2.98. The zero-order chi connectivity index (χ0) is 22.4. The Kier molecular flexibility index (Phi) is 5.76. The van der Waals surface area contributed by atoms with Gasteiger partial charge in [-0.15, -0.1) is 0 Å². The fourth-order valence-corrected chi connectivity index (χ4v) is 4.67. The average Bonchev–Trinajstić information content (AvgIpc) is 3.07. The maximum Gasteiger partial charge on any atom is 0.351 e. The van der Waals surface area contributed by atoms with E-state index in [1.54, 1.807) is 32.9 Å². The number of carbonyl (C=O) groups excluding carboxylic acids is 4. The number of ether oxygens (including phenoxy) is 3. The number of rotatable bonds is 4. The number of esters is 3. The highest BCUT2D eigenvalue weighted by Crippen LogP contribution is 2.51. The molecule has 3 aliphatic rings. The van der Waals surface area contributed by atoms with Crippen molar-refractivity contribution in [2.75, 3.05) is 0 Å². The molecule has 0 aromatic heterocycles. The number of ketones is 1. The fourth-order valence-electron chi connectivity index (χ4n) is 4.67. The lowest BCUT2D eigenvalue weighted by Crippen LogP contribution is -2.50. The Balaban J connectivity index is 2.11. The molecular formula is C23H28O7. The van der Waals surface area contributed by atoms with Crippen LogP contribution in [0.2, 0.25) is 0 Å². The van der Waals surface area contributed by atoms with Crippen molar-refractivity contribution in [1.82, 2.24) is 0 Å². The Hall–Kier alpha value is -2.70. The lowest BCUT2D eigenvalue weighted by atomic mass is 9.77. The van der Waals surface area contributed by atoms with E-state index in [-0.39, 0.29) is 18.6 Å². The maximum absolute atomic E-state index is 13.0. The quantitative estimate of drug-likeness (QED) is 0.395. The van der Waals surface area contributed by atoms with Gasteiger partial charge >= 0.3 is 17.9 Å². The molecule has 2 aliphatic carbocycles. The molecule has 7 heteroatoms. The summed E-state index contributed by atoms with van der Waals surface area (Å²) in [6.45, 7) is 10.1.